The third kappa shape index (κ3) is 4.44. The van der Waals surface area contributed by atoms with Crippen LogP contribution in [0.5, 0.6) is 0 Å². The van der Waals surface area contributed by atoms with Crippen LogP contribution in [0.3, 0.4) is 0 Å². The molecule has 32 heavy (non-hydrogen) atoms. The van der Waals surface area contributed by atoms with Crippen molar-refractivity contribution in [3.8, 4) is 0 Å². The Labute approximate surface area is 196 Å². The number of amides is 1. The summed E-state index contributed by atoms with van der Waals surface area (Å²) in [6.45, 7) is 2.91. The van der Waals surface area contributed by atoms with Crippen molar-refractivity contribution in [2.24, 2.45) is 0 Å². The van der Waals surface area contributed by atoms with Gasteiger partial charge in [-0.2, -0.15) is 4.31 Å². The van der Waals surface area contributed by atoms with Crippen LogP contribution in [-0.2, 0) is 27.6 Å². The summed E-state index contributed by atoms with van der Waals surface area (Å²) in [4.78, 5) is 26.9. The number of carbonyl (C=O) groups excluding carboxylic acids is 2. The molecule has 1 amide bonds. The predicted molar refractivity (Wildman–Crippen MR) is 124 cm³/mol. The fraction of sp³-hybridized carbons (Fsp3) is 0.455. The summed E-state index contributed by atoms with van der Waals surface area (Å²) in [7, 11) is -3.69. The summed E-state index contributed by atoms with van der Waals surface area (Å²) in [5, 5.41) is 3.36. The van der Waals surface area contributed by atoms with Gasteiger partial charge in [-0.05, 0) is 69.2 Å². The summed E-state index contributed by atoms with van der Waals surface area (Å²) in [5.74, 6) is -1.02. The smallest absolute Gasteiger partial charge is 0.341 e. The number of nitrogens with one attached hydrogen (secondary N) is 1. The molecule has 1 aromatic carbocycles. The van der Waals surface area contributed by atoms with Crippen molar-refractivity contribution >= 4 is 49.8 Å². The number of nitrogens with zero attached hydrogens (tertiary/aromatic N) is 1. The van der Waals surface area contributed by atoms with Crippen molar-refractivity contribution in [3.05, 3.63) is 44.8 Å². The summed E-state index contributed by atoms with van der Waals surface area (Å²) >= 11 is 7.64. The van der Waals surface area contributed by atoms with E-state index in [1.165, 1.54) is 33.8 Å². The molecule has 0 unspecified atom stereocenters. The Hall–Kier alpha value is -1.94. The van der Waals surface area contributed by atoms with Gasteiger partial charge in [-0.15, -0.1) is 11.3 Å². The fourth-order valence-corrected chi connectivity index (χ4v) is 7.18. The maximum atomic E-state index is 13.1. The first-order chi connectivity index (χ1) is 15.3. The highest BCUT2D eigenvalue weighted by molar-refractivity contribution is 7.89. The number of anilines is 1. The third-order valence-corrected chi connectivity index (χ3v) is 9.19. The second-order valence-corrected chi connectivity index (χ2v) is 11.3. The number of sulfonamides is 1. The largest absolute Gasteiger partial charge is 0.462 e. The van der Waals surface area contributed by atoms with Crippen LogP contribution in [0.1, 0.15) is 63.8 Å². The Balaban J connectivity index is 1.66. The van der Waals surface area contributed by atoms with Crippen LogP contribution in [0.25, 0.3) is 0 Å². The predicted octanol–water partition coefficient (Wildman–Crippen LogP) is 4.49. The number of aryl methyl sites for hydroxylation is 1. The number of carbonyl (C=O) groups is 2. The Morgan fingerprint density at radius 3 is 2.59 bits per heavy atom. The molecule has 2 heterocycles. The van der Waals surface area contributed by atoms with E-state index in [2.05, 4.69) is 5.32 Å². The third-order valence-electron chi connectivity index (χ3n) is 5.76. The second kappa shape index (κ2) is 9.51. The van der Waals surface area contributed by atoms with E-state index in [1.54, 1.807) is 6.92 Å². The molecule has 0 saturated carbocycles. The summed E-state index contributed by atoms with van der Waals surface area (Å²) < 4.78 is 32.5. The maximum Gasteiger partial charge on any atom is 0.341 e. The lowest BCUT2D eigenvalue weighted by Gasteiger charge is -2.16. The van der Waals surface area contributed by atoms with Crippen molar-refractivity contribution in [1.29, 1.82) is 0 Å². The van der Waals surface area contributed by atoms with Crippen LogP contribution in [0.15, 0.2) is 23.1 Å². The van der Waals surface area contributed by atoms with E-state index in [1.807, 2.05) is 0 Å². The SMILES string of the molecule is CCOC(=O)c1c(NC(=O)c2cc(S(=O)(=O)N3CCCC3)ccc2Cl)sc2c1CCCC2. The lowest BCUT2D eigenvalue weighted by Crippen LogP contribution is -2.28. The van der Waals surface area contributed by atoms with Crippen LogP contribution >= 0.6 is 22.9 Å². The minimum atomic E-state index is -3.69. The molecule has 10 heteroatoms. The van der Waals surface area contributed by atoms with Crippen LogP contribution < -0.4 is 5.32 Å². The normalized spacial score (nSPS) is 16.6. The van der Waals surface area contributed by atoms with Gasteiger partial charge in [0.25, 0.3) is 5.91 Å². The van der Waals surface area contributed by atoms with Gasteiger partial charge in [0.1, 0.15) is 5.00 Å². The number of thiophene rings is 1. The Morgan fingerprint density at radius 1 is 1.16 bits per heavy atom. The van der Waals surface area contributed by atoms with E-state index in [0.29, 0.717) is 23.7 Å². The average Bonchev–Trinajstić information content (AvgIpc) is 3.42. The number of fused-ring (bicyclic) bond motifs is 1. The first-order valence-corrected chi connectivity index (χ1v) is 13.4. The topological polar surface area (TPSA) is 92.8 Å². The highest BCUT2D eigenvalue weighted by atomic mass is 35.5. The van der Waals surface area contributed by atoms with Gasteiger partial charge in [-0.25, -0.2) is 13.2 Å². The van der Waals surface area contributed by atoms with Gasteiger partial charge >= 0.3 is 5.97 Å². The van der Waals surface area contributed by atoms with Gasteiger partial charge in [0, 0.05) is 18.0 Å². The van der Waals surface area contributed by atoms with E-state index < -0.39 is 21.9 Å². The number of benzene rings is 1. The fourth-order valence-electron chi connectivity index (χ4n) is 4.16. The van der Waals surface area contributed by atoms with Gasteiger partial charge in [-0.3, -0.25) is 4.79 Å². The van der Waals surface area contributed by atoms with Gasteiger partial charge < -0.3 is 10.1 Å². The molecule has 1 aromatic heterocycles. The van der Waals surface area contributed by atoms with E-state index in [-0.39, 0.29) is 22.1 Å². The molecule has 2 aliphatic rings. The van der Waals surface area contributed by atoms with Crippen molar-refractivity contribution in [3.63, 3.8) is 0 Å². The van der Waals surface area contributed by atoms with Crippen LogP contribution in [0, 0.1) is 0 Å². The van der Waals surface area contributed by atoms with Crippen molar-refractivity contribution < 1.29 is 22.7 Å². The Bertz CT molecular complexity index is 1150. The van der Waals surface area contributed by atoms with Crippen LogP contribution in [0.4, 0.5) is 5.00 Å². The molecule has 1 aliphatic carbocycles. The monoisotopic (exact) mass is 496 g/mol. The number of esters is 1. The molecule has 1 N–H and O–H groups in total. The molecular weight excluding hydrogens is 472 g/mol. The maximum absolute atomic E-state index is 13.1. The molecule has 0 atom stereocenters. The van der Waals surface area contributed by atoms with Crippen molar-refractivity contribution in [2.45, 2.75) is 50.3 Å². The highest BCUT2D eigenvalue weighted by Crippen LogP contribution is 2.39. The molecule has 1 saturated heterocycles. The number of hydrogen-bond donors (Lipinski definition) is 1. The van der Waals surface area contributed by atoms with E-state index in [9.17, 15) is 18.0 Å². The standard InChI is InChI=1S/C22H25ClN2O5S2/c1-2-30-22(27)19-15-7-3-4-8-18(15)31-21(19)24-20(26)16-13-14(9-10-17(16)23)32(28,29)25-11-5-6-12-25/h9-10,13H,2-8,11-12H2,1H3,(H,24,26). The summed E-state index contributed by atoms with van der Waals surface area (Å²) in [6.07, 6.45) is 5.27. The summed E-state index contributed by atoms with van der Waals surface area (Å²) in [6, 6.07) is 4.15. The van der Waals surface area contributed by atoms with E-state index >= 15 is 0 Å². The van der Waals surface area contributed by atoms with Crippen molar-refractivity contribution in [1.82, 2.24) is 4.31 Å². The molecule has 1 aliphatic heterocycles. The van der Waals surface area contributed by atoms with Crippen LogP contribution in [-0.4, -0.2) is 44.3 Å². The Morgan fingerprint density at radius 2 is 1.88 bits per heavy atom. The van der Waals surface area contributed by atoms with Gasteiger partial charge in [0.15, 0.2) is 0 Å². The Kier molecular flexibility index (Phi) is 6.90. The number of rotatable bonds is 6. The number of ether oxygens (including phenoxy) is 1. The molecule has 0 bridgehead atoms. The molecule has 7 nitrogen and oxygen atoms in total. The quantitative estimate of drug-likeness (QED) is 0.594. The van der Waals surface area contributed by atoms with Crippen LogP contribution in [0.2, 0.25) is 5.02 Å². The molecule has 4 rings (SSSR count). The average molecular weight is 497 g/mol. The highest BCUT2D eigenvalue weighted by Gasteiger charge is 2.30. The minimum Gasteiger partial charge on any atom is -0.462 e. The first-order valence-electron chi connectivity index (χ1n) is 10.8. The lowest BCUT2D eigenvalue weighted by atomic mass is 9.95. The second-order valence-electron chi connectivity index (χ2n) is 7.84. The molecule has 172 valence electrons. The lowest BCUT2D eigenvalue weighted by molar-refractivity contribution is 0.0526. The van der Waals surface area contributed by atoms with Crippen molar-refractivity contribution in [2.75, 3.05) is 25.0 Å². The summed E-state index contributed by atoms with van der Waals surface area (Å²) in [5.41, 5.74) is 1.39. The van der Waals surface area contributed by atoms with Gasteiger partial charge in [-0.1, -0.05) is 11.6 Å². The molecule has 0 radical (unpaired) electrons. The van der Waals surface area contributed by atoms with E-state index in [0.717, 1.165) is 49.0 Å². The zero-order valence-corrected chi connectivity index (χ0v) is 20.2. The van der Waals surface area contributed by atoms with Gasteiger partial charge in [0.05, 0.1) is 27.7 Å². The van der Waals surface area contributed by atoms with Gasteiger partial charge in [0.2, 0.25) is 10.0 Å². The molecule has 2 aromatic rings. The number of hydrogen-bond acceptors (Lipinski definition) is 6. The van der Waals surface area contributed by atoms with E-state index in [4.69, 9.17) is 16.3 Å². The molecular formula is C22H25ClN2O5S2. The zero-order valence-electron chi connectivity index (χ0n) is 17.8. The number of halogens is 1. The molecule has 1 fully saturated rings. The zero-order chi connectivity index (χ0) is 22.9. The molecule has 0 spiro atoms. The minimum absolute atomic E-state index is 0.0324. The first kappa shape index (κ1) is 23.2.